The zero-order valence-corrected chi connectivity index (χ0v) is 13.0. The van der Waals surface area contributed by atoms with E-state index in [1.807, 2.05) is 27.7 Å². The van der Waals surface area contributed by atoms with Crippen molar-refractivity contribution in [3.05, 3.63) is 47.4 Å². The summed E-state index contributed by atoms with van der Waals surface area (Å²) in [6, 6.07) is 5.84. The SMILES string of the molecule is C=C(C=O)N(C=N)Cc1ccc(C#N)c(F)c1.CC.CC. The lowest BCUT2D eigenvalue weighted by molar-refractivity contribution is -0.105. The van der Waals surface area contributed by atoms with Crippen LogP contribution in [0.1, 0.15) is 38.8 Å². The second kappa shape index (κ2) is 12.5. The number of nitriles is 1. The molecule has 0 spiro atoms. The van der Waals surface area contributed by atoms with Gasteiger partial charge in [0.15, 0.2) is 6.29 Å². The van der Waals surface area contributed by atoms with Crippen molar-refractivity contribution in [3.63, 3.8) is 0 Å². The number of allylic oxidation sites excluding steroid dienone is 1. The molecule has 0 amide bonds. The Bertz CT molecular complexity index is 507. The van der Waals surface area contributed by atoms with Gasteiger partial charge in [-0.2, -0.15) is 5.26 Å². The summed E-state index contributed by atoms with van der Waals surface area (Å²) in [7, 11) is 0. The molecule has 1 rings (SSSR count). The van der Waals surface area contributed by atoms with Gasteiger partial charge in [-0.15, -0.1) is 0 Å². The average molecular weight is 291 g/mol. The highest BCUT2D eigenvalue weighted by Gasteiger charge is 2.07. The lowest BCUT2D eigenvalue weighted by Gasteiger charge is -2.17. The molecule has 0 radical (unpaired) electrons. The molecule has 0 saturated carbocycles. The van der Waals surface area contributed by atoms with Crippen LogP contribution in [0.15, 0.2) is 30.5 Å². The van der Waals surface area contributed by atoms with Crippen molar-refractivity contribution in [1.82, 2.24) is 4.90 Å². The molecule has 0 unspecified atom stereocenters. The van der Waals surface area contributed by atoms with Gasteiger partial charge in [-0.25, -0.2) is 4.39 Å². The number of carbonyl (C=O) groups excluding carboxylic acids is 1. The highest BCUT2D eigenvalue weighted by Crippen LogP contribution is 2.12. The highest BCUT2D eigenvalue weighted by atomic mass is 19.1. The van der Waals surface area contributed by atoms with E-state index in [2.05, 4.69) is 6.58 Å². The predicted octanol–water partition coefficient (Wildman–Crippen LogP) is 3.87. The number of halogens is 1. The van der Waals surface area contributed by atoms with Crippen molar-refractivity contribution in [3.8, 4) is 6.07 Å². The summed E-state index contributed by atoms with van der Waals surface area (Å²) in [5.41, 5.74) is 0.627. The molecule has 1 N–H and O–H groups in total. The molecule has 0 fully saturated rings. The quantitative estimate of drug-likeness (QED) is 0.387. The molecule has 4 nitrogen and oxygen atoms in total. The molecule has 0 aliphatic carbocycles. The van der Waals surface area contributed by atoms with Crippen LogP contribution in [0.3, 0.4) is 0 Å². The van der Waals surface area contributed by atoms with Gasteiger partial charge in [0.25, 0.3) is 0 Å². The van der Waals surface area contributed by atoms with E-state index in [4.69, 9.17) is 10.7 Å². The van der Waals surface area contributed by atoms with Gasteiger partial charge in [-0.3, -0.25) is 10.2 Å². The van der Waals surface area contributed by atoms with Gasteiger partial charge in [0.1, 0.15) is 11.9 Å². The number of rotatable bonds is 5. The second-order valence-electron chi connectivity index (χ2n) is 3.29. The van der Waals surface area contributed by atoms with Crippen molar-refractivity contribution < 1.29 is 9.18 Å². The van der Waals surface area contributed by atoms with E-state index < -0.39 is 5.82 Å². The molecule has 21 heavy (non-hydrogen) atoms. The second-order valence-corrected chi connectivity index (χ2v) is 3.29. The molecule has 0 atom stereocenters. The minimum Gasteiger partial charge on any atom is -0.326 e. The summed E-state index contributed by atoms with van der Waals surface area (Å²) < 4.78 is 13.3. The molecule has 0 aliphatic rings. The van der Waals surface area contributed by atoms with Crippen molar-refractivity contribution in [1.29, 1.82) is 10.7 Å². The summed E-state index contributed by atoms with van der Waals surface area (Å²) >= 11 is 0. The minimum absolute atomic E-state index is 0.0376. The Morgan fingerprint density at radius 3 is 2.38 bits per heavy atom. The number of nitrogens with one attached hydrogen (secondary N) is 1. The van der Waals surface area contributed by atoms with Gasteiger partial charge in [0.05, 0.1) is 17.6 Å². The summed E-state index contributed by atoms with van der Waals surface area (Å²) in [6.45, 7) is 11.6. The molecule has 114 valence electrons. The normalized spacial score (nSPS) is 8.00. The zero-order valence-electron chi connectivity index (χ0n) is 13.0. The van der Waals surface area contributed by atoms with Crippen molar-refractivity contribution in [2.75, 3.05) is 0 Å². The number of benzene rings is 1. The van der Waals surface area contributed by atoms with Crippen molar-refractivity contribution in [2.45, 2.75) is 34.2 Å². The standard InChI is InChI=1S/C12H10FN3O.2C2H6/c1-9(7-17)16(8-15)6-10-2-3-11(5-14)12(13)4-10;2*1-2/h2-4,7-8,15H,1,6H2;2*1-2H3. The average Bonchev–Trinajstić information content (AvgIpc) is 2.55. The van der Waals surface area contributed by atoms with Crippen LogP contribution in [0.5, 0.6) is 0 Å². The van der Waals surface area contributed by atoms with Crippen LogP contribution in [0.2, 0.25) is 0 Å². The Balaban J connectivity index is 0. The van der Waals surface area contributed by atoms with Gasteiger partial charge < -0.3 is 4.90 Å². The fourth-order valence-corrected chi connectivity index (χ4v) is 1.24. The van der Waals surface area contributed by atoms with E-state index in [1.54, 1.807) is 12.1 Å². The third-order valence-corrected chi connectivity index (χ3v) is 2.17. The van der Waals surface area contributed by atoms with Crippen LogP contribution in [-0.2, 0) is 11.3 Å². The Kier molecular flexibility index (Phi) is 12.4. The Morgan fingerprint density at radius 1 is 1.43 bits per heavy atom. The van der Waals surface area contributed by atoms with Crippen LogP contribution >= 0.6 is 0 Å². The maximum atomic E-state index is 13.3. The van der Waals surface area contributed by atoms with Crippen LogP contribution in [0, 0.1) is 22.6 Å². The topological polar surface area (TPSA) is 68.0 Å². The van der Waals surface area contributed by atoms with Crippen LogP contribution < -0.4 is 0 Å². The minimum atomic E-state index is -0.619. The first kappa shape index (κ1) is 20.8. The summed E-state index contributed by atoms with van der Waals surface area (Å²) in [5.74, 6) is -0.619. The Labute approximate surface area is 126 Å². The molecule has 1 aromatic rings. The van der Waals surface area contributed by atoms with Crippen LogP contribution in [0.4, 0.5) is 4.39 Å². The lowest BCUT2D eigenvalue weighted by Crippen LogP contribution is -2.20. The third kappa shape index (κ3) is 7.02. The smallest absolute Gasteiger partial charge is 0.165 e. The largest absolute Gasteiger partial charge is 0.326 e. The molecule has 0 bridgehead atoms. The predicted molar refractivity (Wildman–Crippen MR) is 83.3 cm³/mol. The summed E-state index contributed by atoms with van der Waals surface area (Å²) in [5, 5.41) is 15.7. The molecule has 0 heterocycles. The Morgan fingerprint density at radius 2 is 2.00 bits per heavy atom. The molecular formula is C16H22FN3O. The van der Waals surface area contributed by atoms with Gasteiger partial charge in [-0.1, -0.05) is 40.3 Å². The number of hydrogen-bond acceptors (Lipinski definition) is 3. The molecule has 5 heteroatoms. The highest BCUT2D eigenvalue weighted by molar-refractivity contribution is 5.76. The number of nitrogens with zero attached hydrogens (tertiary/aromatic N) is 2. The summed E-state index contributed by atoms with van der Waals surface area (Å²) in [4.78, 5) is 11.8. The van der Waals surface area contributed by atoms with Crippen LogP contribution in [-0.4, -0.2) is 17.5 Å². The van der Waals surface area contributed by atoms with Gasteiger partial charge in [0.2, 0.25) is 0 Å². The fraction of sp³-hybridized carbons (Fsp3) is 0.312. The van der Waals surface area contributed by atoms with E-state index in [1.165, 1.54) is 17.0 Å². The number of hydrogen-bond donors (Lipinski definition) is 1. The van der Waals surface area contributed by atoms with Crippen LogP contribution in [0.25, 0.3) is 0 Å². The summed E-state index contributed by atoms with van der Waals surface area (Å²) in [6.07, 6.45) is 1.46. The Hall–Kier alpha value is -2.48. The first-order chi connectivity index (χ1) is 10.1. The van der Waals surface area contributed by atoms with Gasteiger partial charge >= 0.3 is 0 Å². The molecule has 0 aromatic heterocycles. The van der Waals surface area contributed by atoms with E-state index in [0.717, 1.165) is 6.34 Å². The van der Waals surface area contributed by atoms with E-state index in [9.17, 15) is 9.18 Å². The van der Waals surface area contributed by atoms with Gasteiger partial charge in [0, 0.05) is 6.54 Å². The lowest BCUT2D eigenvalue weighted by atomic mass is 10.1. The molecular weight excluding hydrogens is 269 g/mol. The maximum Gasteiger partial charge on any atom is 0.165 e. The van der Waals surface area contributed by atoms with Gasteiger partial charge in [-0.05, 0) is 17.7 Å². The van der Waals surface area contributed by atoms with E-state index in [0.29, 0.717) is 11.8 Å². The molecule has 0 saturated heterocycles. The first-order valence-electron chi connectivity index (χ1n) is 6.72. The zero-order chi connectivity index (χ0) is 16.8. The number of aldehydes is 1. The van der Waals surface area contributed by atoms with Crippen molar-refractivity contribution >= 4 is 12.6 Å². The number of carbonyl (C=O) groups is 1. The van der Waals surface area contributed by atoms with Crippen molar-refractivity contribution in [2.24, 2.45) is 0 Å². The fourth-order valence-electron chi connectivity index (χ4n) is 1.24. The molecule has 0 aliphatic heterocycles. The first-order valence-corrected chi connectivity index (χ1v) is 6.72. The van der Waals surface area contributed by atoms with E-state index in [-0.39, 0.29) is 17.8 Å². The van der Waals surface area contributed by atoms with E-state index >= 15 is 0 Å². The molecule has 1 aromatic carbocycles. The maximum absolute atomic E-state index is 13.3. The monoisotopic (exact) mass is 291 g/mol. The third-order valence-electron chi connectivity index (χ3n) is 2.17.